The predicted molar refractivity (Wildman–Crippen MR) is 84.1 cm³/mol. The van der Waals surface area contributed by atoms with Crippen LogP contribution in [0.2, 0.25) is 0 Å². The van der Waals surface area contributed by atoms with E-state index in [9.17, 15) is 13.2 Å². The van der Waals surface area contributed by atoms with Gasteiger partial charge in [-0.1, -0.05) is 0 Å². The molecule has 1 aliphatic rings. The molecular weight excluding hydrogens is 324 g/mol. The quantitative estimate of drug-likeness (QED) is 0.704. The zero-order chi connectivity index (χ0) is 17.2. The first-order valence-electron chi connectivity index (χ1n) is 7.16. The van der Waals surface area contributed by atoms with Gasteiger partial charge in [0.25, 0.3) is 5.88 Å². The zero-order valence-corrected chi connectivity index (χ0v) is 14.6. The van der Waals surface area contributed by atoms with Crippen LogP contribution in [0.3, 0.4) is 0 Å². The third kappa shape index (κ3) is 3.75. The molecule has 1 saturated heterocycles. The molecule has 1 aliphatic heterocycles. The molecule has 1 aromatic rings. The van der Waals surface area contributed by atoms with Gasteiger partial charge < -0.3 is 14.4 Å². The van der Waals surface area contributed by atoms with Gasteiger partial charge in [0.05, 0.1) is 32.3 Å². The highest BCUT2D eigenvalue weighted by Gasteiger charge is 2.30. The van der Waals surface area contributed by atoms with Crippen molar-refractivity contribution >= 4 is 21.6 Å². The zero-order valence-electron chi connectivity index (χ0n) is 13.8. The van der Waals surface area contributed by atoms with Crippen LogP contribution in [-0.2, 0) is 26.6 Å². The Bertz CT molecular complexity index is 679. The van der Waals surface area contributed by atoms with Crippen LogP contribution in [0, 0.1) is 6.92 Å². The summed E-state index contributed by atoms with van der Waals surface area (Å²) < 4.78 is 37.4. The van der Waals surface area contributed by atoms with Crippen LogP contribution in [0.1, 0.15) is 5.69 Å². The molecule has 2 heterocycles. The largest absolute Gasteiger partial charge is 0.478 e. The number of methoxy groups -OCH3 is 1. The lowest BCUT2D eigenvalue weighted by molar-refractivity contribution is -0.133. The Balaban J connectivity index is 2.33. The van der Waals surface area contributed by atoms with Gasteiger partial charge in [-0.2, -0.15) is 0 Å². The highest BCUT2D eigenvalue weighted by Crippen LogP contribution is 2.32. The van der Waals surface area contributed by atoms with Crippen molar-refractivity contribution in [1.82, 2.24) is 14.7 Å². The number of ether oxygens (including phenoxy) is 2. The Morgan fingerprint density at radius 2 is 2.00 bits per heavy atom. The third-order valence-corrected chi connectivity index (χ3v) is 4.87. The van der Waals surface area contributed by atoms with Crippen LogP contribution in [-0.4, -0.2) is 75.2 Å². The van der Waals surface area contributed by atoms with E-state index in [1.807, 2.05) is 0 Å². The van der Waals surface area contributed by atoms with Gasteiger partial charge in [0.2, 0.25) is 15.9 Å². The maximum absolute atomic E-state index is 12.4. The van der Waals surface area contributed by atoms with Crippen molar-refractivity contribution in [2.24, 2.45) is 7.05 Å². The summed E-state index contributed by atoms with van der Waals surface area (Å²) in [5.41, 5.74) is 0.890. The van der Waals surface area contributed by atoms with Gasteiger partial charge in [0, 0.05) is 20.1 Å². The highest BCUT2D eigenvalue weighted by molar-refractivity contribution is 7.92. The summed E-state index contributed by atoms with van der Waals surface area (Å²) in [7, 11) is -0.574. The molecule has 9 nitrogen and oxygen atoms in total. The molecular formula is C13H22N4O5S. The number of nitrogens with zero attached hydrogens (tertiary/aromatic N) is 4. The Hall–Kier alpha value is -1.81. The molecule has 130 valence electrons. The minimum Gasteiger partial charge on any atom is -0.478 e. The average molecular weight is 346 g/mol. The molecule has 0 radical (unpaired) electrons. The molecule has 23 heavy (non-hydrogen) atoms. The van der Waals surface area contributed by atoms with Gasteiger partial charge in [-0.05, 0) is 6.92 Å². The number of amides is 1. The summed E-state index contributed by atoms with van der Waals surface area (Å²) in [4.78, 5) is 14.0. The number of hydrogen-bond donors (Lipinski definition) is 0. The lowest BCUT2D eigenvalue weighted by atomic mass is 10.3. The van der Waals surface area contributed by atoms with Crippen LogP contribution in [0.15, 0.2) is 0 Å². The van der Waals surface area contributed by atoms with Crippen molar-refractivity contribution < 1.29 is 22.7 Å². The summed E-state index contributed by atoms with van der Waals surface area (Å²) in [5.74, 6) is -0.103. The predicted octanol–water partition coefficient (Wildman–Crippen LogP) is -0.638. The first-order valence-corrected chi connectivity index (χ1v) is 9.01. The van der Waals surface area contributed by atoms with E-state index in [2.05, 4.69) is 5.10 Å². The van der Waals surface area contributed by atoms with Crippen LogP contribution < -0.4 is 9.04 Å². The van der Waals surface area contributed by atoms with Crippen molar-refractivity contribution in [1.29, 1.82) is 0 Å². The smallest absolute Gasteiger partial charge is 0.257 e. The number of sulfonamides is 1. The molecule has 1 fully saturated rings. The van der Waals surface area contributed by atoms with E-state index < -0.39 is 10.0 Å². The molecule has 0 atom stereocenters. The topological polar surface area (TPSA) is 94.0 Å². The van der Waals surface area contributed by atoms with Gasteiger partial charge in [-0.25, -0.2) is 8.42 Å². The normalized spacial score (nSPS) is 15.6. The number of carbonyl (C=O) groups excluding carboxylic acids is 1. The maximum Gasteiger partial charge on any atom is 0.257 e. The first-order chi connectivity index (χ1) is 10.8. The standard InChI is InChI=1S/C13H22N4O5S/c1-10-12(13(21-3)14-15(10)2)17(23(4,19)20)9-11(18)16-5-7-22-8-6-16/h5-9H2,1-4H3. The number of morpholine rings is 1. The molecule has 1 amide bonds. The van der Waals surface area contributed by atoms with E-state index in [4.69, 9.17) is 9.47 Å². The fourth-order valence-electron chi connectivity index (χ4n) is 2.39. The van der Waals surface area contributed by atoms with E-state index >= 15 is 0 Å². The van der Waals surface area contributed by atoms with E-state index in [-0.39, 0.29) is 18.3 Å². The second-order valence-electron chi connectivity index (χ2n) is 5.33. The van der Waals surface area contributed by atoms with E-state index in [1.165, 1.54) is 11.8 Å². The van der Waals surface area contributed by atoms with Gasteiger partial charge in [-0.15, -0.1) is 5.10 Å². The number of rotatable bonds is 5. The van der Waals surface area contributed by atoms with Crippen LogP contribution in [0.4, 0.5) is 5.69 Å². The maximum atomic E-state index is 12.4. The molecule has 0 bridgehead atoms. The van der Waals surface area contributed by atoms with Crippen molar-refractivity contribution in [2.75, 3.05) is 50.5 Å². The summed E-state index contributed by atoms with van der Waals surface area (Å²) in [5, 5.41) is 4.13. The molecule has 0 aliphatic carbocycles. The Labute approximate surface area is 135 Å². The molecule has 0 spiro atoms. The SMILES string of the molecule is COc1nn(C)c(C)c1N(CC(=O)N1CCOCC1)S(C)(=O)=O. The molecule has 1 aromatic heterocycles. The van der Waals surface area contributed by atoms with Gasteiger partial charge in [-0.3, -0.25) is 13.8 Å². The summed E-state index contributed by atoms with van der Waals surface area (Å²) >= 11 is 0. The Morgan fingerprint density at radius 3 is 2.52 bits per heavy atom. The molecule has 2 rings (SSSR count). The molecule has 0 N–H and O–H groups in total. The number of aryl methyl sites for hydroxylation is 1. The average Bonchev–Trinajstić information content (AvgIpc) is 2.79. The number of carbonyl (C=O) groups is 1. The van der Waals surface area contributed by atoms with Crippen molar-refractivity contribution in [3.8, 4) is 5.88 Å². The van der Waals surface area contributed by atoms with E-state index in [0.29, 0.717) is 37.7 Å². The van der Waals surface area contributed by atoms with Gasteiger partial charge in [0.1, 0.15) is 12.2 Å². The minimum atomic E-state index is -3.67. The fourth-order valence-corrected chi connectivity index (χ4v) is 3.28. The number of anilines is 1. The summed E-state index contributed by atoms with van der Waals surface area (Å²) in [6.45, 7) is 3.27. The lowest BCUT2D eigenvalue weighted by Crippen LogP contribution is -2.47. The van der Waals surface area contributed by atoms with E-state index in [1.54, 1.807) is 18.9 Å². The fraction of sp³-hybridized carbons (Fsp3) is 0.692. The number of aromatic nitrogens is 2. The van der Waals surface area contributed by atoms with Gasteiger partial charge >= 0.3 is 0 Å². The third-order valence-electron chi connectivity index (χ3n) is 3.76. The monoisotopic (exact) mass is 346 g/mol. The minimum absolute atomic E-state index is 0.171. The molecule has 0 saturated carbocycles. The molecule has 0 aromatic carbocycles. The van der Waals surface area contributed by atoms with Crippen LogP contribution in [0.25, 0.3) is 0 Å². The number of hydrogen-bond acceptors (Lipinski definition) is 6. The van der Waals surface area contributed by atoms with Gasteiger partial charge in [0.15, 0.2) is 0 Å². The van der Waals surface area contributed by atoms with Crippen LogP contribution in [0.5, 0.6) is 5.88 Å². The van der Waals surface area contributed by atoms with Crippen molar-refractivity contribution in [3.05, 3.63) is 5.69 Å². The first kappa shape index (κ1) is 17.5. The second-order valence-corrected chi connectivity index (χ2v) is 7.24. The Morgan fingerprint density at radius 1 is 1.39 bits per heavy atom. The Kier molecular flexibility index (Phi) is 5.15. The van der Waals surface area contributed by atoms with Crippen molar-refractivity contribution in [3.63, 3.8) is 0 Å². The molecule has 0 unspecified atom stereocenters. The summed E-state index contributed by atoms with van der Waals surface area (Å²) in [6.07, 6.45) is 1.06. The van der Waals surface area contributed by atoms with E-state index in [0.717, 1.165) is 10.6 Å². The second kappa shape index (κ2) is 6.75. The lowest BCUT2D eigenvalue weighted by Gasteiger charge is -2.30. The van der Waals surface area contributed by atoms with Crippen molar-refractivity contribution in [2.45, 2.75) is 6.92 Å². The molecule has 10 heteroatoms. The highest BCUT2D eigenvalue weighted by atomic mass is 32.2. The van der Waals surface area contributed by atoms with Crippen LogP contribution >= 0.6 is 0 Å². The summed E-state index contributed by atoms with van der Waals surface area (Å²) in [6, 6.07) is 0.